The molecule has 248 valence electrons. The Morgan fingerprint density at radius 3 is 1.23 bits per heavy atom. The number of rotatable bonds is 13. The molecular formula is C28H42N2O14. The molecule has 0 radical (unpaired) electrons. The van der Waals surface area contributed by atoms with Gasteiger partial charge < -0.3 is 46.2 Å². The number of nitrogens with one attached hydrogen (secondary N) is 1. The van der Waals surface area contributed by atoms with Crippen LogP contribution >= 0.6 is 0 Å². The van der Waals surface area contributed by atoms with Gasteiger partial charge >= 0.3 is 35.8 Å². The zero-order valence-corrected chi connectivity index (χ0v) is 25.0. The van der Waals surface area contributed by atoms with Gasteiger partial charge in [0.1, 0.15) is 0 Å². The van der Waals surface area contributed by atoms with E-state index < -0.39 is 72.7 Å². The molecule has 1 aromatic carbocycles. The van der Waals surface area contributed by atoms with E-state index in [0.29, 0.717) is 5.54 Å². The van der Waals surface area contributed by atoms with E-state index in [9.17, 15) is 28.8 Å². The molecule has 0 aliphatic heterocycles. The number of carbonyl (C=O) groups is 6. The Labute approximate surface area is 253 Å². The van der Waals surface area contributed by atoms with Crippen molar-refractivity contribution in [1.29, 1.82) is 0 Å². The van der Waals surface area contributed by atoms with Crippen molar-refractivity contribution in [3.63, 3.8) is 0 Å². The van der Waals surface area contributed by atoms with Crippen molar-refractivity contribution in [2.24, 2.45) is 0 Å². The highest BCUT2D eigenvalue weighted by atomic mass is 16.4. The third-order valence-corrected chi connectivity index (χ3v) is 7.52. The lowest BCUT2D eigenvalue weighted by atomic mass is 9.69. The SMILES string of the molecule is CNC1(C)CCC(c2ccccc2)(N(C)C)CC1.O=C(O)CC(O)(CC(=O)O)C(=O)O.O=C(O)CC(O)(CC(=O)O)C(=O)O. The van der Waals surface area contributed by atoms with Gasteiger partial charge in [0.2, 0.25) is 0 Å². The fourth-order valence-corrected chi connectivity index (χ4v) is 4.64. The minimum absolute atomic E-state index is 0.220. The number of aliphatic carboxylic acids is 6. The lowest BCUT2D eigenvalue weighted by Gasteiger charge is -2.49. The molecular weight excluding hydrogens is 588 g/mol. The molecule has 0 spiro atoms. The van der Waals surface area contributed by atoms with Crippen LogP contribution in [0.4, 0.5) is 0 Å². The molecule has 2 rings (SSSR count). The van der Waals surface area contributed by atoms with Crippen LogP contribution in [-0.4, -0.2) is 119 Å². The van der Waals surface area contributed by atoms with E-state index in [1.165, 1.54) is 31.2 Å². The molecule has 0 heterocycles. The maximum atomic E-state index is 10.3. The first-order chi connectivity index (χ1) is 20.1. The van der Waals surface area contributed by atoms with Crippen LogP contribution in [0, 0.1) is 0 Å². The van der Waals surface area contributed by atoms with E-state index in [0.717, 1.165) is 0 Å². The standard InChI is InChI=1S/C16H26N2.2C6H8O7/c1-15(17-2)10-12-16(13-11-15,18(3)4)14-8-6-5-7-9-14;2*7-3(8)1-6(13,5(11)12)2-4(9)10/h5-9,17H,10-13H2,1-4H3;2*13H,1-2H2,(H,7,8)(H,9,10)(H,11,12). The predicted octanol–water partition coefficient (Wildman–Crippen LogP) is 0.499. The van der Waals surface area contributed by atoms with Crippen LogP contribution in [0.1, 0.15) is 63.9 Å². The normalized spacial score (nSPS) is 19.8. The van der Waals surface area contributed by atoms with Gasteiger partial charge in [0.15, 0.2) is 11.2 Å². The molecule has 0 atom stereocenters. The highest BCUT2D eigenvalue weighted by Crippen LogP contribution is 2.44. The first-order valence-corrected chi connectivity index (χ1v) is 13.3. The highest BCUT2D eigenvalue weighted by molar-refractivity contribution is 5.88. The van der Waals surface area contributed by atoms with Crippen LogP contribution in [0.3, 0.4) is 0 Å². The second-order valence-electron chi connectivity index (χ2n) is 11.1. The van der Waals surface area contributed by atoms with Crippen LogP contribution in [-0.2, 0) is 34.3 Å². The number of carboxylic acids is 6. The highest BCUT2D eigenvalue weighted by Gasteiger charge is 2.43. The maximum absolute atomic E-state index is 10.3. The molecule has 0 saturated heterocycles. The van der Waals surface area contributed by atoms with Gasteiger partial charge in [0, 0.05) is 11.1 Å². The first kappa shape index (κ1) is 39.9. The van der Waals surface area contributed by atoms with Gasteiger partial charge in [-0.25, -0.2) is 9.59 Å². The van der Waals surface area contributed by atoms with Crippen LogP contribution < -0.4 is 5.32 Å². The van der Waals surface area contributed by atoms with Gasteiger partial charge in [-0.15, -0.1) is 0 Å². The molecule has 0 unspecified atom stereocenters. The average molecular weight is 631 g/mol. The fraction of sp³-hybridized carbons (Fsp3) is 0.571. The lowest BCUT2D eigenvalue weighted by molar-refractivity contribution is -0.170. The summed E-state index contributed by atoms with van der Waals surface area (Å²) in [6, 6.07) is 11.0. The van der Waals surface area contributed by atoms with Crippen molar-refractivity contribution in [2.75, 3.05) is 21.1 Å². The van der Waals surface area contributed by atoms with E-state index in [-0.39, 0.29) is 5.54 Å². The van der Waals surface area contributed by atoms with Gasteiger partial charge in [-0.2, -0.15) is 0 Å². The molecule has 1 fully saturated rings. The quantitative estimate of drug-likeness (QED) is 0.143. The van der Waals surface area contributed by atoms with Gasteiger partial charge in [-0.05, 0) is 59.3 Å². The first-order valence-electron chi connectivity index (χ1n) is 13.3. The van der Waals surface area contributed by atoms with Crippen molar-refractivity contribution < 1.29 is 69.6 Å². The summed E-state index contributed by atoms with van der Waals surface area (Å²) < 4.78 is 0. The Kier molecular flexibility index (Phi) is 15.1. The number of nitrogens with zero attached hydrogens (tertiary/aromatic N) is 1. The third kappa shape index (κ3) is 12.2. The molecule has 16 heteroatoms. The number of hydrogen-bond donors (Lipinski definition) is 9. The topological polar surface area (TPSA) is 280 Å². The Balaban J connectivity index is 0.000000647. The second kappa shape index (κ2) is 16.7. The zero-order valence-electron chi connectivity index (χ0n) is 25.0. The molecule has 44 heavy (non-hydrogen) atoms. The lowest BCUT2D eigenvalue weighted by Crippen LogP contribution is -2.52. The molecule has 0 amide bonds. The van der Waals surface area contributed by atoms with E-state index in [1.54, 1.807) is 0 Å². The number of benzene rings is 1. The van der Waals surface area contributed by atoms with Crippen LogP contribution in [0.2, 0.25) is 0 Å². The van der Waals surface area contributed by atoms with Crippen LogP contribution in [0.15, 0.2) is 30.3 Å². The summed E-state index contributed by atoms with van der Waals surface area (Å²) in [7, 11) is 6.52. The minimum atomic E-state index is -2.74. The Hall–Kier alpha value is -4.12. The zero-order chi connectivity index (χ0) is 34.5. The number of aliphatic hydroxyl groups is 2. The second-order valence-corrected chi connectivity index (χ2v) is 11.1. The Morgan fingerprint density at radius 1 is 0.682 bits per heavy atom. The average Bonchev–Trinajstić information content (AvgIpc) is 2.88. The molecule has 0 bridgehead atoms. The summed E-state index contributed by atoms with van der Waals surface area (Å²) >= 11 is 0. The smallest absolute Gasteiger partial charge is 0.336 e. The fourth-order valence-electron chi connectivity index (χ4n) is 4.64. The van der Waals surface area contributed by atoms with E-state index in [4.69, 9.17) is 40.9 Å². The summed E-state index contributed by atoms with van der Waals surface area (Å²) in [5.41, 5.74) is -3.48. The number of hydrogen-bond acceptors (Lipinski definition) is 10. The molecule has 9 N–H and O–H groups in total. The summed E-state index contributed by atoms with van der Waals surface area (Å²) in [5.74, 6) is -10.0. The Bertz CT molecular complexity index is 1080. The summed E-state index contributed by atoms with van der Waals surface area (Å²) in [6.45, 7) is 2.34. The number of carboxylic acid groups (broad SMARTS) is 6. The minimum Gasteiger partial charge on any atom is -0.481 e. The van der Waals surface area contributed by atoms with Gasteiger partial charge in [0.05, 0.1) is 25.7 Å². The molecule has 1 aliphatic rings. The maximum Gasteiger partial charge on any atom is 0.336 e. The summed E-state index contributed by atoms with van der Waals surface area (Å²) in [4.78, 5) is 63.4. The van der Waals surface area contributed by atoms with Crippen molar-refractivity contribution in [3.05, 3.63) is 35.9 Å². The van der Waals surface area contributed by atoms with Gasteiger partial charge in [0.25, 0.3) is 0 Å². The van der Waals surface area contributed by atoms with E-state index in [1.807, 2.05) is 0 Å². The molecule has 0 aromatic heterocycles. The van der Waals surface area contributed by atoms with Gasteiger partial charge in [-0.1, -0.05) is 30.3 Å². The summed E-state index contributed by atoms with van der Waals surface area (Å²) in [6.07, 6.45) is 0.336. The van der Waals surface area contributed by atoms with Crippen molar-refractivity contribution in [2.45, 2.75) is 80.6 Å². The largest absolute Gasteiger partial charge is 0.481 e. The molecule has 16 nitrogen and oxygen atoms in total. The monoisotopic (exact) mass is 630 g/mol. The van der Waals surface area contributed by atoms with Gasteiger partial charge in [-0.3, -0.25) is 24.1 Å². The van der Waals surface area contributed by atoms with E-state index >= 15 is 0 Å². The van der Waals surface area contributed by atoms with E-state index in [2.05, 4.69) is 68.6 Å². The Morgan fingerprint density at radius 2 is 1.00 bits per heavy atom. The van der Waals surface area contributed by atoms with Crippen molar-refractivity contribution >= 4 is 35.8 Å². The van der Waals surface area contributed by atoms with Crippen LogP contribution in [0.25, 0.3) is 0 Å². The van der Waals surface area contributed by atoms with Crippen LogP contribution in [0.5, 0.6) is 0 Å². The predicted molar refractivity (Wildman–Crippen MR) is 152 cm³/mol. The third-order valence-electron chi connectivity index (χ3n) is 7.52. The molecule has 1 aliphatic carbocycles. The molecule has 1 aromatic rings. The summed E-state index contributed by atoms with van der Waals surface area (Å²) in [5, 5.41) is 71.1. The molecule has 1 saturated carbocycles. The van der Waals surface area contributed by atoms with Crippen molar-refractivity contribution in [3.8, 4) is 0 Å². The van der Waals surface area contributed by atoms with Crippen molar-refractivity contribution in [1.82, 2.24) is 10.2 Å².